The van der Waals surface area contributed by atoms with Crippen molar-refractivity contribution < 1.29 is 13.9 Å². The van der Waals surface area contributed by atoms with E-state index in [1.807, 2.05) is 33.0 Å². The zero-order chi connectivity index (χ0) is 22.0. The van der Waals surface area contributed by atoms with E-state index < -0.39 is 0 Å². The summed E-state index contributed by atoms with van der Waals surface area (Å²) in [6, 6.07) is 9.58. The molecule has 0 atom stereocenters. The molecule has 0 spiro atoms. The van der Waals surface area contributed by atoms with Gasteiger partial charge in [-0.3, -0.25) is 9.48 Å². The summed E-state index contributed by atoms with van der Waals surface area (Å²) in [6.07, 6.45) is 5.21. The standard InChI is InChI=1S/C23H22FN5O2/c1-14(2)22(30)27-21-19-13-29(28-20(19)8-9-25-21)12-16-10-15(3)23(26-11-16)31-18-6-4-17(24)5-7-18/h4-11,13-14H,12H2,1-3H3,(H,25,27,30). The molecule has 1 N–H and O–H groups in total. The number of aromatic nitrogens is 4. The van der Waals surface area contributed by atoms with E-state index in [-0.39, 0.29) is 17.6 Å². The first-order chi connectivity index (χ1) is 14.9. The number of ether oxygens (including phenoxy) is 1. The van der Waals surface area contributed by atoms with Gasteiger partial charge in [-0.2, -0.15) is 5.10 Å². The minimum Gasteiger partial charge on any atom is -0.439 e. The maximum atomic E-state index is 13.1. The van der Waals surface area contributed by atoms with Gasteiger partial charge in [0.1, 0.15) is 17.4 Å². The lowest BCUT2D eigenvalue weighted by molar-refractivity contribution is -0.118. The van der Waals surface area contributed by atoms with Crippen molar-refractivity contribution in [3.8, 4) is 11.6 Å². The third-order valence-electron chi connectivity index (χ3n) is 4.71. The van der Waals surface area contributed by atoms with Crippen molar-refractivity contribution in [3.63, 3.8) is 0 Å². The molecule has 31 heavy (non-hydrogen) atoms. The number of hydrogen-bond donors (Lipinski definition) is 1. The number of benzene rings is 1. The molecule has 1 amide bonds. The van der Waals surface area contributed by atoms with Gasteiger partial charge in [-0.15, -0.1) is 0 Å². The third kappa shape index (κ3) is 4.69. The molecule has 0 aliphatic carbocycles. The Morgan fingerprint density at radius 2 is 1.97 bits per heavy atom. The van der Waals surface area contributed by atoms with Crippen LogP contribution in [-0.2, 0) is 11.3 Å². The third-order valence-corrected chi connectivity index (χ3v) is 4.71. The van der Waals surface area contributed by atoms with E-state index in [0.29, 0.717) is 24.0 Å². The van der Waals surface area contributed by atoms with Crippen LogP contribution in [0.2, 0.25) is 0 Å². The summed E-state index contributed by atoms with van der Waals surface area (Å²) in [5, 5.41) is 8.20. The number of pyridine rings is 2. The van der Waals surface area contributed by atoms with Crippen molar-refractivity contribution in [2.24, 2.45) is 5.92 Å². The van der Waals surface area contributed by atoms with Crippen LogP contribution in [0, 0.1) is 18.7 Å². The number of amides is 1. The van der Waals surface area contributed by atoms with Crippen LogP contribution in [0.3, 0.4) is 0 Å². The molecule has 0 bridgehead atoms. The molecule has 4 aromatic rings. The molecular weight excluding hydrogens is 397 g/mol. The van der Waals surface area contributed by atoms with Crippen LogP contribution in [0.25, 0.3) is 10.9 Å². The van der Waals surface area contributed by atoms with Crippen LogP contribution >= 0.6 is 0 Å². The highest BCUT2D eigenvalue weighted by Crippen LogP contribution is 2.25. The van der Waals surface area contributed by atoms with Gasteiger partial charge in [-0.25, -0.2) is 14.4 Å². The fraction of sp³-hybridized carbons (Fsp3) is 0.217. The highest BCUT2D eigenvalue weighted by molar-refractivity contribution is 5.99. The number of carbonyl (C=O) groups excluding carboxylic acids is 1. The summed E-state index contributed by atoms with van der Waals surface area (Å²) in [4.78, 5) is 20.7. The van der Waals surface area contributed by atoms with Gasteiger partial charge in [0.25, 0.3) is 0 Å². The van der Waals surface area contributed by atoms with E-state index in [2.05, 4.69) is 20.4 Å². The van der Waals surface area contributed by atoms with E-state index in [4.69, 9.17) is 4.74 Å². The molecule has 3 heterocycles. The normalized spacial score (nSPS) is 11.1. The largest absolute Gasteiger partial charge is 0.439 e. The lowest BCUT2D eigenvalue weighted by atomic mass is 10.2. The van der Waals surface area contributed by atoms with E-state index in [0.717, 1.165) is 22.0 Å². The number of aryl methyl sites for hydroxylation is 1. The average Bonchev–Trinajstić information content (AvgIpc) is 3.15. The molecule has 8 heteroatoms. The Morgan fingerprint density at radius 3 is 2.68 bits per heavy atom. The number of nitrogens with zero attached hydrogens (tertiary/aromatic N) is 4. The molecule has 0 aliphatic heterocycles. The predicted octanol–water partition coefficient (Wildman–Crippen LogP) is 4.71. The number of fused-ring (bicyclic) bond motifs is 1. The first-order valence-electron chi connectivity index (χ1n) is 9.91. The number of anilines is 1. The summed E-state index contributed by atoms with van der Waals surface area (Å²) in [5.41, 5.74) is 2.54. The zero-order valence-electron chi connectivity index (χ0n) is 17.5. The van der Waals surface area contributed by atoms with Crippen molar-refractivity contribution in [1.82, 2.24) is 19.7 Å². The van der Waals surface area contributed by atoms with Crippen LogP contribution < -0.4 is 10.1 Å². The highest BCUT2D eigenvalue weighted by atomic mass is 19.1. The van der Waals surface area contributed by atoms with Gasteiger partial charge >= 0.3 is 0 Å². The Morgan fingerprint density at radius 1 is 1.19 bits per heavy atom. The van der Waals surface area contributed by atoms with Gasteiger partial charge in [0.2, 0.25) is 11.8 Å². The molecule has 0 saturated carbocycles. The van der Waals surface area contributed by atoms with Gasteiger partial charge in [0.15, 0.2) is 0 Å². The summed E-state index contributed by atoms with van der Waals surface area (Å²) in [7, 11) is 0. The Bertz CT molecular complexity index is 1230. The van der Waals surface area contributed by atoms with Crippen molar-refractivity contribution in [2.45, 2.75) is 27.3 Å². The number of carbonyl (C=O) groups is 1. The minimum atomic E-state index is -0.318. The Kier molecular flexibility index (Phi) is 5.62. The lowest BCUT2D eigenvalue weighted by Crippen LogP contribution is -2.18. The Balaban J connectivity index is 1.53. The zero-order valence-corrected chi connectivity index (χ0v) is 17.5. The quantitative estimate of drug-likeness (QED) is 0.489. The van der Waals surface area contributed by atoms with Crippen LogP contribution in [-0.4, -0.2) is 25.7 Å². The SMILES string of the molecule is Cc1cc(Cn2cc3c(NC(=O)C(C)C)nccc3n2)cnc1Oc1ccc(F)cc1. The van der Waals surface area contributed by atoms with Crippen molar-refractivity contribution in [1.29, 1.82) is 0 Å². The van der Waals surface area contributed by atoms with Gasteiger partial charge in [0.05, 0.1) is 17.4 Å². The molecule has 0 aliphatic rings. The van der Waals surface area contributed by atoms with E-state index >= 15 is 0 Å². The molecule has 3 aromatic heterocycles. The Hall–Kier alpha value is -3.81. The molecular formula is C23H22FN5O2. The second-order valence-corrected chi connectivity index (χ2v) is 7.58. The molecule has 158 valence electrons. The van der Waals surface area contributed by atoms with Crippen LogP contribution in [0.1, 0.15) is 25.0 Å². The molecule has 0 unspecified atom stereocenters. The number of hydrogen-bond acceptors (Lipinski definition) is 5. The smallest absolute Gasteiger partial charge is 0.228 e. The number of nitrogens with one attached hydrogen (secondary N) is 1. The van der Waals surface area contributed by atoms with Gasteiger partial charge in [0, 0.05) is 30.1 Å². The maximum absolute atomic E-state index is 13.1. The number of rotatable bonds is 6. The van der Waals surface area contributed by atoms with Crippen LogP contribution in [0.15, 0.2) is 55.0 Å². The monoisotopic (exact) mass is 419 g/mol. The first-order valence-corrected chi connectivity index (χ1v) is 9.91. The summed E-state index contributed by atoms with van der Waals surface area (Å²) in [5.74, 6) is 0.928. The summed E-state index contributed by atoms with van der Waals surface area (Å²) in [6.45, 7) is 6.06. The van der Waals surface area contributed by atoms with E-state index in [9.17, 15) is 9.18 Å². The van der Waals surface area contributed by atoms with Gasteiger partial charge < -0.3 is 10.1 Å². The van der Waals surface area contributed by atoms with E-state index in [1.54, 1.807) is 35.3 Å². The fourth-order valence-corrected chi connectivity index (χ4v) is 3.05. The average molecular weight is 419 g/mol. The van der Waals surface area contributed by atoms with Crippen LogP contribution in [0.5, 0.6) is 11.6 Å². The second-order valence-electron chi connectivity index (χ2n) is 7.58. The van der Waals surface area contributed by atoms with Gasteiger partial charge in [-0.1, -0.05) is 13.8 Å². The minimum absolute atomic E-state index is 0.0932. The van der Waals surface area contributed by atoms with Crippen molar-refractivity contribution in [2.75, 3.05) is 5.32 Å². The first kappa shape index (κ1) is 20.5. The molecule has 0 saturated heterocycles. The summed E-state index contributed by atoms with van der Waals surface area (Å²) < 4.78 is 20.6. The predicted molar refractivity (Wildman–Crippen MR) is 116 cm³/mol. The second kappa shape index (κ2) is 8.51. The highest BCUT2D eigenvalue weighted by Gasteiger charge is 2.13. The number of halogens is 1. The summed E-state index contributed by atoms with van der Waals surface area (Å²) >= 11 is 0. The van der Waals surface area contributed by atoms with E-state index in [1.165, 1.54) is 12.1 Å². The molecule has 7 nitrogen and oxygen atoms in total. The topological polar surface area (TPSA) is 81.9 Å². The van der Waals surface area contributed by atoms with Crippen molar-refractivity contribution in [3.05, 3.63) is 71.9 Å². The molecule has 0 radical (unpaired) electrons. The van der Waals surface area contributed by atoms with Crippen LogP contribution in [0.4, 0.5) is 10.2 Å². The van der Waals surface area contributed by atoms with Crippen molar-refractivity contribution >= 4 is 22.6 Å². The fourth-order valence-electron chi connectivity index (χ4n) is 3.05. The van der Waals surface area contributed by atoms with Gasteiger partial charge in [-0.05, 0) is 48.9 Å². The Labute approximate surface area is 178 Å². The molecule has 0 fully saturated rings. The maximum Gasteiger partial charge on any atom is 0.228 e. The molecule has 4 rings (SSSR count). The molecule has 1 aromatic carbocycles. The lowest BCUT2D eigenvalue weighted by Gasteiger charge is -2.09.